The van der Waals surface area contributed by atoms with Crippen LogP contribution in [-0.4, -0.2) is 5.11 Å². The van der Waals surface area contributed by atoms with Crippen LogP contribution in [-0.2, 0) is 12.3 Å². The lowest BCUT2D eigenvalue weighted by Gasteiger charge is -2.12. The van der Waals surface area contributed by atoms with Crippen LogP contribution < -0.4 is 0 Å². The second-order valence-electron chi connectivity index (χ2n) is 3.27. The summed E-state index contributed by atoms with van der Waals surface area (Å²) in [5.41, 5.74) is 4.42. The Hall–Kier alpha value is -0.690. The van der Waals surface area contributed by atoms with Gasteiger partial charge >= 0.3 is 0 Å². The first-order valence-electron chi connectivity index (χ1n) is 4.48. The highest BCUT2D eigenvalue weighted by atomic mass is 35.5. The summed E-state index contributed by atoms with van der Waals surface area (Å²) < 4.78 is 0. The van der Waals surface area contributed by atoms with Gasteiger partial charge in [-0.3, -0.25) is 0 Å². The number of halogens is 1. The van der Waals surface area contributed by atoms with Crippen LogP contribution in [0.15, 0.2) is 6.07 Å². The van der Waals surface area contributed by atoms with Crippen LogP contribution in [0.4, 0.5) is 0 Å². The molecule has 2 heteroatoms. The normalized spacial score (nSPS) is 10.5. The molecule has 0 spiro atoms. The number of aromatic hydroxyl groups is 1. The standard InChI is InChI=1S/C11H15ClO/c1-4-10-8(3)7(2)9(6-12)5-11(10)13/h5,13H,4,6H2,1-3H3. The summed E-state index contributed by atoms with van der Waals surface area (Å²) in [5, 5.41) is 9.67. The fourth-order valence-corrected chi connectivity index (χ4v) is 1.88. The second kappa shape index (κ2) is 4.01. The lowest BCUT2D eigenvalue weighted by atomic mass is 9.96. The molecule has 0 aliphatic rings. The number of benzene rings is 1. The van der Waals surface area contributed by atoms with Crippen molar-refractivity contribution in [2.45, 2.75) is 33.1 Å². The van der Waals surface area contributed by atoms with E-state index in [1.165, 1.54) is 5.56 Å². The summed E-state index contributed by atoms with van der Waals surface area (Å²) >= 11 is 5.76. The zero-order valence-electron chi connectivity index (χ0n) is 8.32. The predicted octanol–water partition coefficient (Wildman–Crippen LogP) is 3.31. The molecule has 0 amide bonds. The molecule has 0 saturated heterocycles. The molecule has 1 N–H and O–H groups in total. The van der Waals surface area contributed by atoms with Crippen LogP contribution in [0.25, 0.3) is 0 Å². The van der Waals surface area contributed by atoms with Gasteiger partial charge in [-0.2, -0.15) is 0 Å². The Morgan fingerprint density at radius 2 is 1.92 bits per heavy atom. The summed E-state index contributed by atoms with van der Waals surface area (Å²) in [6.45, 7) is 6.12. The zero-order valence-corrected chi connectivity index (χ0v) is 9.07. The fraction of sp³-hybridized carbons (Fsp3) is 0.455. The zero-order chi connectivity index (χ0) is 10.0. The summed E-state index contributed by atoms with van der Waals surface area (Å²) in [5.74, 6) is 0.839. The van der Waals surface area contributed by atoms with Gasteiger partial charge in [0.25, 0.3) is 0 Å². The van der Waals surface area contributed by atoms with Gasteiger partial charge in [0.2, 0.25) is 0 Å². The summed E-state index contributed by atoms with van der Waals surface area (Å²) in [4.78, 5) is 0. The van der Waals surface area contributed by atoms with E-state index in [1.54, 1.807) is 6.07 Å². The highest BCUT2D eigenvalue weighted by Crippen LogP contribution is 2.28. The van der Waals surface area contributed by atoms with E-state index in [1.807, 2.05) is 20.8 Å². The molecule has 0 atom stereocenters. The van der Waals surface area contributed by atoms with Crippen LogP contribution in [0, 0.1) is 13.8 Å². The van der Waals surface area contributed by atoms with Crippen molar-refractivity contribution in [3.8, 4) is 5.75 Å². The Bertz CT molecular complexity index is 318. The molecular formula is C11H15ClO. The number of alkyl halides is 1. The van der Waals surface area contributed by atoms with E-state index in [9.17, 15) is 5.11 Å². The minimum atomic E-state index is 0.376. The van der Waals surface area contributed by atoms with Gasteiger partial charge in [-0.15, -0.1) is 11.6 Å². The molecule has 1 rings (SSSR count). The highest BCUT2D eigenvalue weighted by molar-refractivity contribution is 6.17. The Morgan fingerprint density at radius 3 is 2.38 bits per heavy atom. The van der Waals surface area contributed by atoms with Gasteiger partial charge in [0.15, 0.2) is 0 Å². The average molecular weight is 199 g/mol. The van der Waals surface area contributed by atoms with E-state index in [0.717, 1.165) is 23.1 Å². The van der Waals surface area contributed by atoms with Gasteiger partial charge in [-0.25, -0.2) is 0 Å². The average Bonchev–Trinajstić information content (AvgIpc) is 2.12. The van der Waals surface area contributed by atoms with Crippen LogP contribution in [0.5, 0.6) is 5.75 Å². The van der Waals surface area contributed by atoms with E-state index >= 15 is 0 Å². The van der Waals surface area contributed by atoms with Crippen molar-refractivity contribution in [2.75, 3.05) is 0 Å². The monoisotopic (exact) mass is 198 g/mol. The van der Waals surface area contributed by atoms with Gasteiger partial charge in [0, 0.05) is 5.88 Å². The molecule has 0 unspecified atom stereocenters. The molecule has 0 bridgehead atoms. The molecule has 1 aromatic rings. The van der Waals surface area contributed by atoms with Crippen LogP contribution in [0.2, 0.25) is 0 Å². The van der Waals surface area contributed by atoms with Gasteiger partial charge in [-0.1, -0.05) is 6.92 Å². The number of rotatable bonds is 2. The molecule has 13 heavy (non-hydrogen) atoms. The maximum absolute atomic E-state index is 9.67. The maximum atomic E-state index is 9.67. The Kier molecular flexibility index (Phi) is 3.21. The molecule has 72 valence electrons. The molecular weight excluding hydrogens is 184 g/mol. The van der Waals surface area contributed by atoms with Crippen molar-refractivity contribution in [1.29, 1.82) is 0 Å². The van der Waals surface area contributed by atoms with Crippen LogP contribution in [0.3, 0.4) is 0 Å². The van der Waals surface area contributed by atoms with Crippen LogP contribution in [0.1, 0.15) is 29.2 Å². The fourth-order valence-electron chi connectivity index (χ4n) is 1.60. The largest absolute Gasteiger partial charge is 0.508 e. The van der Waals surface area contributed by atoms with Crippen molar-refractivity contribution in [3.05, 3.63) is 28.3 Å². The number of phenolic OH excluding ortho intramolecular Hbond substituents is 1. The SMILES string of the molecule is CCc1c(O)cc(CCl)c(C)c1C. The van der Waals surface area contributed by atoms with Gasteiger partial charge < -0.3 is 5.11 Å². The van der Waals surface area contributed by atoms with E-state index < -0.39 is 0 Å². The first-order valence-corrected chi connectivity index (χ1v) is 5.02. The Morgan fingerprint density at radius 1 is 1.31 bits per heavy atom. The van der Waals surface area contributed by atoms with Crippen molar-refractivity contribution < 1.29 is 5.11 Å². The Labute approximate surface area is 84.4 Å². The highest BCUT2D eigenvalue weighted by Gasteiger charge is 2.09. The lowest BCUT2D eigenvalue weighted by molar-refractivity contribution is 0.467. The third-order valence-electron chi connectivity index (χ3n) is 2.61. The second-order valence-corrected chi connectivity index (χ2v) is 3.54. The summed E-state index contributed by atoms with van der Waals surface area (Å²) in [6.07, 6.45) is 0.862. The lowest BCUT2D eigenvalue weighted by Crippen LogP contribution is -1.95. The van der Waals surface area contributed by atoms with Gasteiger partial charge in [-0.05, 0) is 48.6 Å². The maximum Gasteiger partial charge on any atom is 0.119 e. The van der Waals surface area contributed by atoms with Crippen molar-refractivity contribution in [3.63, 3.8) is 0 Å². The summed E-state index contributed by atoms with van der Waals surface area (Å²) in [6, 6.07) is 1.77. The molecule has 1 aromatic carbocycles. The van der Waals surface area contributed by atoms with Gasteiger partial charge in [0.05, 0.1) is 0 Å². The van der Waals surface area contributed by atoms with E-state index in [-0.39, 0.29) is 0 Å². The molecule has 0 fully saturated rings. The Balaban J connectivity index is 3.37. The third kappa shape index (κ3) is 1.80. The molecule has 0 heterocycles. The van der Waals surface area contributed by atoms with Crippen LogP contribution >= 0.6 is 11.6 Å². The molecule has 1 nitrogen and oxygen atoms in total. The first kappa shape index (κ1) is 10.4. The molecule has 0 radical (unpaired) electrons. The van der Waals surface area contributed by atoms with E-state index in [0.29, 0.717) is 11.6 Å². The minimum Gasteiger partial charge on any atom is -0.508 e. The first-order chi connectivity index (χ1) is 6.11. The number of hydrogen-bond acceptors (Lipinski definition) is 1. The van der Waals surface area contributed by atoms with E-state index in [4.69, 9.17) is 11.6 Å². The predicted molar refractivity (Wildman–Crippen MR) is 56.5 cm³/mol. The van der Waals surface area contributed by atoms with E-state index in [2.05, 4.69) is 0 Å². The molecule has 0 aliphatic heterocycles. The topological polar surface area (TPSA) is 20.2 Å². The minimum absolute atomic E-state index is 0.376. The molecule has 0 aromatic heterocycles. The van der Waals surface area contributed by atoms with Gasteiger partial charge in [0.1, 0.15) is 5.75 Å². The van der Waals surface area contributed by atoms with Crippen molar-refractivity contribution in [1.82, 2.24) is 0 Å². The number of hydrogen-bond donors (Lipinski definition) is 1. The molecule has 0 aliphatic carbocycles. The van der Waals surface area contributed by atoms with Crippen molar-refractivity contribution in [2.24, 2.45) is 0 Å². The quantitative estimate of drug-likeness (QED) is 0.723. The van der Waals surface area contributed by atoms with Crippen molar-refractivity contribution >= 4 is 11.6 Å². The summed E-state index contributed by atoms with van der Waals surface area (Å²) in [7, 11) is 0. The third-order valence-corrected chi connectivity index (χ3v) is 2.90. The smallest absolute Gasteiger partial charge is 0.119 e. The number of phenols is 1. The molecule has 0 saturated carbocycles.